The van der Waals surface area contributed by atoms with E-state index in [0.717, 1.165) is 0 Å². The van der Waals surface area contributed by atoms with Gasteiger partial charge < -0.3 is 4.52 Å². The van der Waals surface area contributed by atoms with Gasteiger partial charge in [0.25, 0.3) is 0 Å². The quantitative estimate of drug-likeness (QED) is 0.677. The summed E-state index contributed by atoms with van der Waals surface area (Å²) in [6, 6.07) is 0. The van der Waals surface area contributed by atoms with Gasteiger partial charge in [-0.3, -0.25) is 9.63 Å². The van der Waals surface area contributed by atoms with Crippen molar-refractivity contribution in [3.05, 3.63) is 17.5 Å². The summed E-state index contributed by atoms with van der Waals surface area (Å²) in [5.74, 6) is -0.227. The number of nitrogens with one attached hydrogen (secondary N) is 1. The van der Waals surface area contributed by atoms with Gasteiger partial charge in [0.15, 0.2) is 0 Å². The minimum Gasteiger partial charge on any atom is -0.351 e. The largest absolute Gasteiger partial charge is 0.351 e. The molecule has 1 aromatic heterocycles. The highest BCUT2D eigenvalue weighted by molar-refractivity contribution is 5.91. The number of hydrogen-bond acceptors (Lipinski definition) is 4. The zero-order valence-electron chi connectivity index (χ0n) is 6.96. The molecule has 5 nitrogen and oxygen atoms in total. The first-order chi connectivity index (χ1) is 5.75. The number of amides is 1. The molecule has 0 radical (unpaired) electrons. The van der Waals surface area contributed by atoms with Crippen molar-refractivity contribution in [2.75, 3.05) is 6.61 Å². The second-order valence-corrected chi connectivity index (χ2v) is 2.20. The third-order valence-corrected chi connectivity index (χ3v) is 1.26. The summed E-state index contributed by atoms with van der Waals surface area (Å²) in [6.07, 6.45) is 1.47. The van der Waals surface area contributed by atoms with E-state index in [1.165, 1.54) is 6.20 Å². The van der Waals surface area contributed by atoms with E-state index in [9.17, 15) is 4.79 Å². The Kier molecular flexibility index (Phi) is 2.82. The standard InChI is InChI=1S/C7H10N2O3/c1-3-11-9-7(10)6-5(2)4-8-12-6/h4H,3H2,1-2H3,(H,9,10). The van der Waals surface area contributed by atoms with Crippen LogP contribution >= 0.6 is 0 Å². The summed E-state index contributed by atoms with van der Waals surface area (Å²) in [6.45, 7) is 3.92. The fourth-order valence-electron chi connectivity index (χ4n) is 0.693. The Morgan fingerprint density at radius 3 is 3.08 bits per heavy atom. The number of hydrogen-bond donors (Lipinski definition) is 1. The van der Waals surface area contributed by atoms with Crippen molar-refractivity contribution in [2.45, 2.75) is 13.8 Å². The normalized spacial score (nSPS) is 9.83. The lowest BCUT2D eigenvalue weighted by molar-refractivity contribution is 0.0333. The maximum absolute atomic E-state index is 11.1. The summed E-state index contributed by atoms with van der Waals surface area (Å²) < 4.78 is 4.68. The van der Waals surface area contributed by atoms with Gasteiger partial charge in [-0.1, -0.05) is 5.16 Å². The molecule has 0 spiro atoms. The SMILES string of the molecule is CCONC(=O)c1oncc1C. The van der Waals surface area contributed by atoms with Gasteiger partial charge in [0, 0.05) is 5.56 Å². The smallest absolute Gasteiger partial charge is 0.313 e. The highest BCUT2D eigenvalue weighted by Gasteiger charge is 2.13. The molecule has 5 heteroatoms. The van der Waals surface area contributed by atoms with E-state index in [4.69, 9.17) is 0 Å². The van der Waals surface area contributed by atoms with Crippen LogP contribution in [0, 0.1) is 6.92 Å². The van der Waals surface area contributed by atoms with Gasteiger partial charge in [0.2, 0.25) is 5.76 Å². The molecule has 1 N–H and O–H groups in total. The van der Waals surface area contributed by atoms with E-state index in [1.54, 1.807) is 13.8 Å². The Labute approximate surface area is 69.6 Å². The van der Waals surface area contributed by atoms with Crippen LogP contribution in [0.5, 0.6) is 0 Å². The van der Waals surface area contributed by atoms with Crippen LogP contribution < -0.4 is 5.48 Å². The first kappa shape index (κ1) is 8.73. The van der Waals surface area contributed by atoms with E-state index in [2.05, 4.69) is 20.0 Å². The summed E-state index contributed by atoms with van der Waals surface area (Å²) in [5, 5.41) is 3.46. The molecular weight excluding hydrogens is 160 g/mol. The van der Waals surface area contributed by atoms with Gasteiger partial charge in [0.1, 0.15) is 0 Å². The predicted molar refractivity (Wildman–Crippen MR) is 40.3 cm³/mol. The van der Waals surface area contributed by atoms with Crippen molar-refractivity contribution < 1.29 is 14.2 Å². The molecule has 0 fully saturated rings. The molecule has 1 rings (SSSR count). The Balaban J connectivity index is 2.59. The molecule has 0 aliphatic heterocycles. The van der Waals surface area contributed by atoms with E-state index >= 15 is 0 Å². The lowest BCUT2D eigenvalue weighted by atomic mass is 10.3. The molecule has 0 unspecified atom stereocenters. The first-order valence-electron chi connectivity index (χ1n) is 3.59. The third kappa shape index (κ3) is 1.82. The molecule has 0 bridgehead atoms. The van der Waals surface area contributed by atoms with Gasteiger partial charge in [-0.15, -0.1) is 0 Å². The molecule has 1 amide bonds. The lowest BCUT2D eigenvalue weighted by Crippen LogP contribution is -2.23. The summed E-state index contributed by atoms with van der Waals surface area (Å²) >= 11 is 0. The molecular formula is C7H10N2O3. The second-order valence-electron chi connectivity index (χ2n) is 2.20. The molecule has 1 aromatic rings. The number of rotatable bonds is 3. The Morgan fingerprint density at radius 2 is 2.58 bits per heavy atom. The number of aryl methyl sites for hydroxylation is 1. The van der Waals surface area contributed by atoms with Crippen molar-refractivity contribution in [2.24, 2.45) is 0 Å². The van der Waals surface area contributed by atoms with Crippen molar-refractivity contribution in [3.8, 4) is 0 Å². The monoisotopic (exact) mass is 170 g/mol. The van der Waals surface area contributed by atoms with Gasteiger partial charge >= 0.3 is 5.91 Å². The van der Waals surface area contributed by atoms with E-state index in [0.29, 0.717) is 12.2 Å². The minimum absolute atomic E-state index is 0.184. The molecule has 0 aliphatic rings. The fourth-order valence-corrected chi connectivity index (χ4v) is 0.693. The van der Waals surface area contributed by atoms with Gasteiger partial charge in [-0.05, 0) is 13.8 Å². The molecule has 12 heavy (non-hydrogen) atoms. The van der Waals surface area contributed by atoms with Crippen LogP contribution in [0.15, 0.2) is 10.7 Å². The third-order valence-electron chi connectivity index (χ3n) is 1.26. The maximum atomic E-state index is 11.1. The zero-order valence-corrected chi connectivity index (χ0v) is 6.96. The van der Waals surface area contributed by atoms with Crippen molar-refractivity contribution in [1.82, 2.24) is 10.6 Å². The van der Waals surface area contributed by atoms with Crippen LogP contribution in [0.2, 0.25) is 0 Å². The molecule has 0 aliphatic carbocycles. The second kappa shape index (κ2) is 3.87. The molecule has 0 saturated carbocycles. The molecule has 1 heterocycles. The van der Waals surface area contributed by atoms with Crippen LogP contribution in [-0.2, 0) is 4.84 Å². The topological polar surface area (TPSA) is 64.4 Å². The highest BCUT2D eigenvalue weighted by atomic mass is 16.7. The number of nitrogens with zero attached hydrogens (tertiary/aromatic N) is 1. The van der Waals surface area contributed by atoms with Crippen LogP contribution in [0.4, 0.5) is 0 Å². The van der Waals surface area contributed by atoms with Gasteiger partial charge in [-0.25, -0.2) is 5.48 Å². The van der Waals surface area contributed by atoms with Crippen molar-refractivity contribution >= 4 is 5.91 Å². The zero-order chi connectivity index (χ0) is 8.97. The van der Waals surface area contributed by atoms with Gasteiger partial charge in [0.05, 0.1) is 12.8 Å². The average molecular weight is 170 g/mol. The Hall–Kier alpha value is -1.36. The summed E-state index contributed by atoms with van der Waals surface area (Å²) in [7, 11) is 0. The Morgan fingerprint density at radius 1 is 1.83 bits per heavy atom. The molecule has 0 saturated heterocycles. The maximum Gasteiger partial charge on any atom is 0.313 e. The predicted octanol–water partition coefficient (Wildman–Crippen LogP) is 0.664. The molecule has 0 aromatic carbocycles. The van der Waals surface area contributed by atoms with E-state index in [-0.39, 0.29) is 5.76 Å². The highest BCUT2D eigenvalue weighted by Crippen LogP contribution is 2.04. The van der Waals surface area contributed by atoms with Crippen LogP contribution in [0.1, 0.15) is 23.0 Å². The van der Waals surface area contributed by atoms with Crippen LogP contribution in [0.25, 0.3) is 0 Å². The average Bonchev–Trinajstić information content (AvgIpc) is 2.47. The molecule has 66 valence electrons. The number of carbonyl (C=O) groups excluding carboxylic acids is 1. The Bertz CT molecular complexity index is 269. The van der Waals surface area contributed by atoms with Crippen molar-refractivity contribution in [3.63, 3.8) is 0 Å². The first-order valence-corrected chi connectivity index (χ1v) is 3.59. The fraction of sp³-hybridized carbons (Fsp3) is 0.429. The summed E-state index contributed by atoms with van der Waals surface area (Å²) in [5.41, 5.74) is 2.89. The number of carbonyl (C=O) groups is 1. The number of aromatic nitrogens is 1. The minimum atomic E-state index is -0.410. The van der Waals surface area contributed by atoms with Crippen molar-refractivity contribution in [1.29, 1.82) is 0 Å². The lowest BCUT2D eigenvalue weighted by Gasteiger charge is -1.99. The number of hydroxylamine groups is 1. The molecule has 0 atom stereocenters. The van der Waals surface area contributed by atoms with Crippen LogP contribution in [0.3, 0.4) is 0 Å². The van der Waals surface area contributed by atoms with E-state index in [1.807, 2.05) is 0 Å². The summed E-state index contributed by atoms with van der Waals surface area (Å²) in [4.78, 5) is 15.8. The van der Waals surface area contributed by atoms with Gasteiger partial charge in [-0.2, -0.15) is 0 Å². The van der Waals surface area contributed by atoms with E-state index < -0.39 is 5.91 Å². The van der Waals surface area contributed by atoms with Crippen LogP contribution in [-0.4, -0.2) is 17.7 Å².